The van der Waals surface area contributed by atoms with Gasteiger partial charge in [0.1, 0.15) is 0 Å². The van der Waals surface area contributed by atoms with Crippen LogP contribution >= 0.6 is 22.7 Å². The molecule has 0 unspecified atom stereocenters. The van der Waals surface area contributed by atoms with Crippen molar-refractivity contribution in [2.75, 3.05) is 18.1 Å². The lowest BCUT2D eigenvalue weighted by Crippen LogP contribution is -2.23. The largest absolute Gasteiger partial charge is 0.332 e. The van der Waals surface area contributed by atoms with E-state index in [9.17, 15) is 8.42 Å². The van der Waals surface area contributed by atoms with Crippen molar-refractivity contribution in [2.24, 2.45) is 0 Å². The van der Waals surface area contributed by atoms with Crippen LogP contribution in [0.25, 0.3) is 10.6 Å². The van der Waals surface area contributed by atoms with Crippen LogP contribution in [0.2, 0.25) is 0 Å². The van der Waals surface area contributed by atoms with E-state index in [1.807, 2.05) is 47.8 Å². The zero-order valence-electron chi connectivity index (χ0n) is 13.0. The number of thiophene rings is 1. The van der Waals surface area contributed by atoms with Crippen LogP contribution in [0.4, 0.5) is 10.8 Å². The normalized spacial score (nSPS) is 11.5. The Bertz CT molecular complexity index is 902. The molecular weight excluding hydrogens is 362 g/mol. The van der Waals surface area contributed by atoms with Crippen molar-refractivity contribution >= 4 is 43.5 Å². The molecule has 24 heavy (non-hydrogen) atoms. The summed E-state index contributed by atoms with van der Waals surface area (Å²) in [5.41, 5.74) is 1.95. The van der Waals surface area contributed by atoms with Gasteiger partial charge in [0.15, 0.2) is 5.13 Å². The number of benzene rings is 1. The van der Waals surface area contributed by atoms with Crippen LogP contribution in [0.3, 0.4) is 0 Å². The first-order valence-electron chi connectivity index (χ1n) is 7.31. The SMILES string of the molecule is CS(=O)(=O)NCCc1ccc(-c2csc(Nc3ccccc3)n2)s1. The molecule has 8 heteroatoms. The van der Waals surface area contributed by atoms with Crippen molar-refractivity contribution in [3.05, 3.63) is 52.7 Å². The van der Waals surface area contributed by atoms with Gasteiger partial charge in [0, 0.05) is 22.5 Å². The van der Waals surface area contributed by atoms with Crippen molar-refractivity contribution in [1.82, 2.24) is 9.71 Å². The van der Waals surface area contributed by atoms with E-state index in [1.54, 1.807) is 22.7 Å². The molecule has 0 aliphatic heterocycles. The number of sulfonamides is 1. The highest BCUT2D eigenvalue weighted by Crippen LogP contribution is 2.31. The Hall–Kier alpha value is -1.74. The third kappa shape index (κ3) is 4.88. The van der Waals surface area contributed by atoms with Crippen molar-refractivity contribution < 1.29 is 8.42 Å². The summed E-state index contributed by atoms with van der Waals surface area (Å²) in [4.78, 5) is 6.83. The predicted molar refractivity (Wildman–Crippen MR) is 102 cm³/mol. The summed E-state index contributed by atoms with van der Waals surface area (Å²) >= 11 is 3.20. The minimum atomic E-state index is -3.13. The molecule has 0 radical (unpaired) electrons. The van der Waals surface area contributed by atoms with Crippen LogP contribution in [0.1, 0.15) is 4.88 Å². The Morgan fingerprint density at radius 3 is 2.67 bits per heavy atom. The lowest BCUT2D eigenvalue weighted by molar-refractivity contribution is 0.588. The Balaban J connectivity index is 1.63. The van der Waals surface area contributed by atoms with E-state index in [4.69, 9.17) is 0 Å². The molecule has 0 fully saturated rings. The summed E-state index contributed by atoms with van der Waals surface area (Å²) in [6.07, 6.45) is 1.85. The molecule has 2 N–H and O–H groups in total. The summed E-state index contributed by atoms with van der Waals surface area (Å²) in [7, 11) is -3.13. The first-order valence-corrected chi connectivity index (χ1v) is 10.9. The van der Waals surface area contributed by atoms with E-state index in [-0.39, 0.29) is 0 Å². The Labute approximate surface area is 149 Å². The predicted octanol–water partition coefficient (Wildman–Crippen LogP) is 3.71. The van der Waals surface area contributed by atoms with Crippen LogP contribution in [0.15, 0.2) is 47.8 Å². The minimum Gasteiger partial charge on any atom is -0.332 e. The Morgan fingerprint density at radius 1 is 1.12 bits per heavy atom. The van der Waals surface area contributed by atoms with Crippen LogP contribution in [-0.4, -0.2) is 26.2 Å². The number of para-hydroxylation sites is 1. The summed E-state index contributed by atoms with van der Waals surface area (Å²) in [6.45, 7) is 0.413. The van der Waals surface area contributed by atoms with Gasteiger partial charge in [-0.3, -0.25) is 0 Å². The molecule has 0 saturated carbocycles. The summed E-state index contributed by atoms with van der Waals surface area (Å²) < 4.78 is 24.7. The number of thiazole rings is 1. The second-order valence-electron chi connectivity index (χ2n) is 5.21. The molecule has 0 atom stereocenters. The third-order valence-electron chi connectivity index (χ3n) is 3.18. The van der Waals surface area contributed by atoms with Gasteiger partial charge in [-0.1, -0.05) is 18.2 Å². The molecule has 0 saturated heterocycles. The lowest BCUT2D eigenvalue weighted by atomic mass is 10.3. The lowest BCUT2D eigenvalue weighted by Gasteiger charge is -2.00. The molecule has 0 amide bonds. The monoisotopic (exact) mass is 379 g/mol. The number of anilines is 2. The fraction of sp³-hybridized carbons (Fsp3) is 0.188. The molecule has 0 bridgehead atoms. The first-order chi connectivity index (χ1) is 11.5. The van der Waals surface area contributed by atoms with E-state index >= 15 is 0 Å². The topological polar surface area (TPSA) is 71.1 Å². The number of nitrogens with zero attached hydrogens (tertiary/aromatic N) is 1. The fourth-order valence-corrected chi connectivity index (χ4v) is 4.34. The maximum Gasteiger partial charge on any atom is 0.208 e. The van der Waals surface area contributed by atoms with Crippen LogP contribution in [0, 0.1) is 0 Å². The summed E-state index contributed by atoms with van der Waals surface area (Å²) in [5, 5.41) is 6.16. The highest BCUT2D eigenvalue weighted by Gasteiger charge is 2.08. The smallest absolute Gasteiger partial charge is 0.208 e. The van der Waals surface area contributed by atoms with Gasteiger partial charge in [-0.25, -0.2) is 18.1 Å². The standard InChI is InChI=1S/C16H17N3O2S3/c1-24(20,21)17-10-9-13-7-8-15(23-13)14-11-22-16(19-14)18-12-5-3-2-4-6-12/h2-8,11,17H,9-10H2,1H3,(H,18,19). The van der Waals surface area contributed by atoms with Crippen molar-refractivity contribution in [3.63, 3.8) is 0 Å². The highest BCUT2D eigenvalue weighted by atomic mass is 32.2. The fourth-order valence-electron chi connectivity index (χ4n) is 2.10. The van der Waals surface area contributed by atoms with E-state index in [1.165, 1.54) is 6.26 Å². The molecule has 1 aromatic carbocycles. The van der Waals surface area contributed by atoms with Gasteiger partial charge in [0.2, 0.25) is 10.0 Å². The number of hydrogen-bond donors (Lipinski definition) is 2. The maximum atomic E-state index is 11.1. The molecule has 3 aromatic rings. The summed E-state index contributed by atoms with van der Waals surface area (Å²) in [6, 6.07) is 14.0. The maximum absolute atomic E-state index is 11.1. The van der Waals surface area contributed by atoms with Gasteiger partial charge in [-0.2, -0.15) is 0 Å². The Kier molecular flexibility index (Phi) is 5.30. The van der Waals surface area contributed by atoms with Gasteiger partial charge >= 0.3 is 0 Å². The summed E-state index contributed by atoms with van der Waals surface area (Å²) in [5.74, 6) is 0. The molecule has 0 aliphatic rings. The number of hydrogen-bond acceptors (Lipinski definition) is 6. The molecule has 3 rings (SSSR count). The van der Waals surface area contributed by atoms with Gasteiger partial charge < -0.3 is 5.32 Å². The van der Waals surface area contributed by atoms with Gasteiger partial charge in [0.05, 0.1) is 16.8 Å². The third-order valence-corrected chi connectivity index (χ3v) is 5.83. The van der Waals surface area contributed by atoms with E-state index < -0.39 is 10.0 Å². The molecule has 0 aliphatic carbocycles. The molecule has 0 spiro atoms. The second kappa shape index (κ2) is 7.43. The average molecular weight is 380 g/mol. The van der Waals surface area contributed by atoms with E-state index in [2.05, 4.69) is 15.0 Å². The first kappa shape index (κ1) is 17.1. The van der Waals surface area contributed by atoms with Gasteiger partial charge in [0.25, 0.3) is 0 Å². The van der Waals surface area contributed by atoms with Crippen molar-refractivity contribution in [3.8, 4) is 10.6 Å². The van der Waals surface area contributed by atoms with E-state index in [0.717, 1.165) is 26.3 Å². The molecule has 2 aromatic heterocycles. The Morgan fingerprint density at radius 2 is 1.92 bits per heavy atom. The molecular formula is C16H17N3O2S3. The number of rotatable bonds is 7. The van der Waals surface area contributed by atoms with Crippen LogP contribution < -0.4 is 10.0 Å². The quantitative estimate of drug-likeness (QED) is 0.656. The number of aromatic nitrogens is 1. The van der Waals surface area contributed by atoms with Crippen molar-refractivity contribution in [2.45, 2.75) is 6.42 Å². The highest BCUT2D eigenvalue weighted by molar-refractivity contribution is 7.88. The van der Waals surface area contributed by atoms with Gasteiger partial charge in [-0.05, 0) is 30.7 Å². The van der Waals surface area contributed by atoms with Crippen LogP contribution in [0.5, 0.6) is 0 Å². The van der Waals surface area contributed by atoms with E-state index in [0.29, 0.717) is 13.0 Å². The van der Waals surface area contributed by atoms with Gasteiger partial charge in [-0.15, -0.1) is 22.7 Å². The zero-order chi connectivity index (χ0) is 17.0. The number of nitrogens with one attached hydrogen (secondary N) is 2. The molecule has 2 heterocycles. The average Bonchev–Trinajstić information content (AvgIpc) is 3.16. The van der Waals surface area contributed by atoms with Crippen LogP contribution in [-0.2, 0) is 16.4 Å². The second-order valence-corrected chi connectivity index (χ2v) is 9.07. The molecule has 126 valence electrons. The zero-order valence-corrected chi connectivity index (χ0v) is 15.5. The van der Waals surface area contributed by atoms with Crippen molar-refractivity contribution in [1.29, 1.82) is 0 Å². The molecule has 5 nitrogen and oxygen atoms in total. The minimum absolute atomic E-state index is 0.413.